The Morgan fingerprint density at radius 1 is 1.20 bits per heavy atom. The summed E-state index contributed by atoms with van der Waals surface area (Å²) in [6.45, 7) is 10.4. The van der Waals surface area contributed by atoms with Gasteiger partial charge in [0, 0.05) is 49.7 Å². The largest absolute Gasteiger partial charge is 0.379 e. The number of likely N-dealkylation sites (tertiary alicyclic amines) is 1. The molecule has 1 aromatic carbocycles. The van der Waals surface area contributed by atoms with Crippen LogP contribution in [0.15, 0.2) is 30.3 Å². The van der Waals surface area contributed by atoms with Crippen molar-refractivity contribution in [3.63, 3.8) is 0 Å². The van der Waals surface area contributed by atoms with Gasteiger partial charge in [0.2, 0.25) is 0 Å². The number of carbonyl (C=O) groups is 1. The van der Waals surface area contributed by atoms with Gasteiger partial charge in [0.05, 0.1) is 13.2 Å². The number of carbonyl (C=O) groups excluding carboxylic acids is 1. The third kappa shape index (κ3) is 2.96. The normalized spacial score (nSPS) is 25.0. The van der Waals surface area contributed by atoms with Crippen LogP contribution in [-0.4, -0.2) is 65.7 Å². The van der Waals surface area contributed by atoms with Crippen LogP contribution in [0.5, 0.6) is 0 Å². The number of para-hydroxylation sites is 1. The smallest absolute Gasteiger partial charge is 0.270 e. The molecular weight excluding hydrogens is 314 g/mol. The van der Waals surface area contributed by atoms with Crippen LogP contribution < -0.4 is 0 Å². The fourth-order valence-electron chi connectivity index (χ4n) is 4.39. The van der Waals surface area contributed by atoms with Crippen molar-refractivity contribution in [2.45, 2.75) is 26.4 Å². The molecule has 4 rings (SSSR count). The van der Waals surface area contributed by atoms with E-state index < -0.39 is 0 Å². The third-order valence-electron chi connectivity index (χ3n) is 5.72. The average Bonchev–Trinajstić information content (AvgIpc) is 3.22. The van der Waals surface area contributed by atoms with Gasteiger partial charge in [-0.1, -0.05) is 25.1 Å². The highest BCUT2D eigenvalue weighted by Crippen LogP contribution is 2.26. The van der Waals surface area contributed by atoms with Crippen LogP contribution >= 0.6 is 0 Å². The number of benzene rings is 1. The zero-order valence-electron chi connectivity index (χ0n) is 15.1. The number of hydrogen-bond acceptors (Lipinski definition) is 3. The molecular formula is C20H27N3O2. The van der Waals surface area contributed by atoms with E-state index in [0.29, 0.717) is 12.0 Å². The molecule has 2 saturated heterocycles. The molecule has 0 unspecified atom stereocenters. The van der Waals surface area contributed by atoms with Gasteiger partial charge in [-0.15, -0.1) is 0 Å². The standard InChI is InChI=1S/C20H27N3O2/c1-3-23-17-7-5-4-6-16(17)12-18(23)20(24)22-13-15(2)19(14-22)21-8-10-25-11-9-21/h4-7,12,15,19H,3,8-11,13-14H2,1-2H3/t15-,19+/m0/s1. The Balaban J connectivity index is 1.57. The number of morpholine rings is 1. The van der Waals surface area contributed by atoms with Crippen LogP contribution in [0.2, 0.25) is 0 Å². The van der Waals surface area contributed by atoms with Crippen LogP contribution in [0.3, 0.4) is 0 Å². The van der Waals surface area contributed by atoms with Crippen LogP contribution in [-0.2, 0) is 11.3 Å². The average molecular weight is 341 g/mol. The van der Waals surface area contributed by atoms with Gasteiger partial charge in [-0.3, -0.25) is 9.69 Å². The lowest BCUT2D eigenvalue weighted by atomic mass is 10.0. The van der Waals surface area contributed by atoms with E-state index in [-0.39, 0.29) is 5.91 Å². The van der Waals surface area contributed by atoms with Crippen molar-refractivity contribution in [1.82, 2.24) is 14.4 Å². The summed E-state index contributed by atoms with van der Waals surface area (Å²) in [4.78, 5) is 17.8. The zero-order chi connectivity index (χ0) is 17.4. The number of rotatable bonds is 3. The minimum atomic E-state index is 0.167. The summed E-state index contributed by atoms with van der Waals surface area (Å²) >= 11 is 0. The van der Waals surface area contributed by atoms with Gasteiger partial charge in [-0.2, -0.15) is 0 Å². The summed E-state index contributed by atoms with van der Waals surface area (Å²) in [5.74, 6) is 0.669. The Hall–Kier alpha value is -1.85. The van der Waals surface area contributed by atoms with Gasteiger partial charge >= 0.3 is 0 Å². The van der Waals surface area contributed by atoms with Crippen molar-refractivity contribution in [3.05, 3.63) is 36.0 Å². The highest BCUT2D eigenvalue weighted by atomic mass is 16.5. The minimum absolute atomic E-state index is 0.167. The molecule has 2 atom stereocenters. The van der Waals surface area contributed by atoms with Gasteiger partial charge in [0.1, 0.15) is 5.69 Å². The van der Waals surface area contributed by atoms with Crippen LogP contribution in [0, 0.1) is 5.92 Å². The summed E-state index contributed by atoms with van der Waals surface area (Å²) in [6, 6.07) is 10.7. The van der Waals surface area contributed by atoms with Crippen molar-refractivity contribution >= 4 is 16.8 Å². The summed E-state index contributed by atoms with van der Waals surface area (Å²) in [5, 5.41) is 1.14. The van der Waals surface area contributed by atoms with E-state index in [1.807, 2.05) is 23.1 Å². The lowest BCUT2D eigenvalue weighted by molar-refractivity contribution is 0.0119. The maximum absolute atomic E-state index is 13.2. The van der Waals surface area contributed by atoms with E-state index in [0.717, 1.165) is 62.5 Å². The summed E-state index contributed by atoms with van der Waals surface area (Å²) in [6.07, 6.45) is 0. The van der Waals surface area contributed by atoms with Crippen molar-refractivity contribution in [2.24, 2.45) is 5.92 Å². The molecule has 3 heterocycles. The maximum Gasteiger partial charge on any atom is 0.270 e. The Labute approximate surface area is 149 Å². The lowest BCUT2D eigenvalue weighted by Crippen LogP contribution is -2.47. The molecule has 5 heteroatoms. The molecule has 2 aliphatic heterocycles. The first kappa shape index (κ1) is 16.6. The quantitative estimate of drug-likeness (QED) is 0.861. The molecule has 0 spiro atoms. The molecule has 25 heavy (non-hydrogen) atoms. The maximum atomic E-state index is 13.2. The Morgan fingerprint density at radius 3 is 2.72 bits per heavy atom. The SMILES string of the molecule is CCn1c(C(=O)N2C[C@@H](N3CCOCC3)[C@@H](C)C2)cc2ccccc21. The lowest BCUT2D eigenvalue weighted by Gasteiger charge is -2.34. The molecule has 1 aromatic heterocycles. The molecule has 0 N–H and O–H groups in total. The van der Waals surface area contributed by atoms with Gasteiger partial charge in [0.15, 0.2) is 0 Å². The first-order valence-electron chi connectivity index (χ1n) is 9.38. The van der Waals surface area contributed by atoms with Crippen LogP contribution in [0.4, 0.5) is 0 Å². The molecule has 5 nitrogen and oxygen atoms in total. The van der Waals surface area contributed by atoms with Crippen molar-refractivity contribution in [2.75, 3.05) is 39.4 Å². The monoisotopic (exact) mass is 341 g/mol. The molecule has 2 aromatic rings. The zero-order valence-corrected chi connectivity index (χ0v) is 15.1. The Morgan fingerprint density at radius 2 is 1.96 bits per heavy atom. The number of nitrogens with zero attached hydrogens (tertiary/aromatic N) is 3. The molecule has 2 fully saturated rings. The highest BCUT2D eigenvalue weighted by Gasteiger charge is 2.37. The van der Waals surface area contributed by atoms with E-state index in [2.05, 4.69) is 35.4 Å². The molecule has 0 aliphatic carbocycles. The summed E-state index contributed by atoms with van der Waals surface area (Å²) in [7, 11) is 0. The third-order valence-corrected chi connectivity index (χ3v) is 5.72. The van der Waals surface area contributed by atoms with Crippen molar-refractivity contribution in [3.8, 4) is 0 Å². The molecule has 0 bridgehead atoms. The molecule has 0 saturated carbocycles. The predicted molar refractivity (Wildman–Crippen MR) is 98.9 cm³/mol. The fraction of sp³-hybridized carbons (Fsp3) is 0.550. The molecule has 134 valence electrons. The van der Waals surface area contributed by atoms with E-state index in [1.165, 1.54) is 0 Å². The number of fused-ring (bicyclic) bond motifs is 1. The summed E-state index contributed by atoms with van der Waals surface area (Å²) < 4.78 is 7.62. The van der Waals surface area contributed by atoms with Crippen molar-refractivity contribution in [1.29, 1.82) is 0 Å². The van der Waals surface area contributed by atoms with Gasteiger partial charge in [-0.05, 0) is 25.0 Å². The number of hydrogen-bond donors (Lipinski definition) is 0. The van der Waals surface area contributed by atoms with Gasteiger partial charge < -0.3 is 14.2 Å². The number of amides is 1. The number of aryl methyl sites for hydroxylation is 1. The second-order valence-corrected chi connectivity index (χ2v) is 7.24. The van der Waals surface area contributed by atoms with Gasteiger partial charge in [0.25, 0.3) is 5.91 Å². The second-order valence-electron chi connectivity index (χ2n) is 7.24. The molecule has 2 aliphatic rings. The topological polar surface area (TPSA) is 37.7 Å². The fourth-order valence-corrected chi connectivity index (χ4v) is 4.39. The first-order chi connectivity index (χ1) is 12.2. The predicted octanol–water partition coefficient (Wildman–Crippen LogP) is 2.45. The van der Waals surface area contributed by atoms with Gasteiger partial charge in [-0.25, -0.2) is 0 Å². The number of aromatic nitrogens is 1. The van der Waals surface area contributed by atoms with E-state index in [1.54, 1.807) is 0 Å². The molecule has 1 amide bonds. The number of ether oxygens (including phenoxy) is 1. The molecule has 0 radical (unpaired) electrons. The van der Waals surface area contributed by atoms with E-state index >= 15 is 0 Å². The Kier molecular flexibility index (Phi) is 4.52. The summed E-state index contributed by atoms with van der Waals surface area (Å²) in [5.41, 5.74) is 1.96. The van der Waals surface area contributed by atoms with Crippen LogP contribution in [0.1, 0.15) is 24.3 Å². The second kappa shape index (κ2) is 6.81. The van der Waals surface area contributed by atoms with E-state index in [4.69, 9.17) is 4.74 Å². The minimum Gasteiger partial charge on any atom is -0.379 e. The van der Waals surface area contributed by atoms with Crippen LogP contribution in [0.25, 0.3) is 10.9 Å². The highest BCUT2D eigenvalue weighted by molar-refractivity contribution is 5.99. The Bertz CT molecular complexity index is 763. The first-order valence-corrected chi connectivity index (χ1v) is 9.38. The van der Waals surface area contributed by atoms with Crippen molar-refractivity contribution < 1.29 is 9.53 Å². The van der Waals surface area contributed by atoms with E-state index in [9.17, 15) is 4.79 Å².